The van der Waals surface area contributed by atoms with Crippen LogP contribution in [0.1, 0.15) is 21.5 Å². The molecule has 0 fully saturated rings. The molecule has 0 heterocycles. The van der Waals surface area contributed by atoms with Gasteiger partial charge in [-0.1, -0.05) is 66.7 Å². The first kappa shape index (κ1) is 11.7. The number of carbonyl (C=O) groups excluding carboxylic acids is 1. The van der Waals surface area contributed by atoms with Crippen LogP contribution in [0.15, 0.2) is 66.7 Å². The maximum atomic E-state index is 11.1. The molecule has 1 heteroatoms. The molecule has 0 unspecified atom stereocenters. The van der Waals surface area contributed by atoms with E-state index >= 15 is 0 Å². The quantitative estimate of drug-likeness (QED) is 0.632. The van der Waals surface area contributed by atoms with E-state index in [1.54, 1.807) is 0 Å². The number of aldehydes is 1. The molecule has 0 aliphatic carbocycles. The van der Waals surface area contributed by atoms with Crippen molar-refractivity contribution in [1.29, 1.82) is 0 Å². The van der Waals surface area contributed by atoms with Crippen molar-refractivity contribution in [2.24, 2.45) is 0 Å². The van der Waals surface area contributed by atoms with E-state index in [1.807, 2.05) is 30.3 Å². The van der Waals surface area contributed by atoms with Crippen LogP contribution in [0.5, 0.6) is 0 Å². The molecule has 0 atom stereocenters. The summed E-state index contributed by atoms with van der Waals surface area (Å²) in [5, 5.41) is 2.49. The van der Waals surface area contributed by atoms with Crippen molar-refractivity contribution >= 4 is 17.1 Å². The van der Waals surface area contributed by atoms with Gasteiger partial charge in [-0.15, -0.1) is 0 Å². The molecule has 0 saturated heterocycles. The van der Waals surface area contributed by atoms with E-state index in [2.05, 4.69) is 36.4 Å². The monoisotopic (exact) mass is 246 g/mol. The molecule has 0 aromatic heterocycles. The highest BCUT2D eigenvalue weighted by Crippen LogP contribution is 2.22. The van der Waals surface area contributed by atoms with Crippen LogP contribution in [0.4, 0.5) is 0 Å². The lowest BCUT2D eigenvalue weighted by Crippen LogP contribution is -1.95. The number of carbonyl (C=O) groups is 1. The summed E-state index contributed by atoms with van der Waals surface area (Å²) in [6.45, 7) is 0. The van der Waals surface area contributed by atoms with Gasteiger partial charge in [-0.3, -0.25) is 4.79 Å². The molecular formula is C18H14O. The van der Waals surface area contributed by atoms with Gasteiger partial charge in [0.15, 0.2) is 0 Å². The zero-order valence-electron chi connectivity index (χ0n) is 10.5. The third-order valence-electron chi connectivity index (χ3n) is 3.44. The summed E-state index contributed by atoms with van der Waals surface area (Å²) in [7, 11) is 0. The van der Waals surface area contributed by atoms with E-state index in [1.165, 1.54) is 16.3 Å². The molecule has 0 saturated carbocycles. The van der Waals surface area contributed by atoms with Crippen molar-refractivity contribution in [2.45, 2.75) is 6.42 Å². The fraction of sp³-hybridized carbons (Fsp3) is 0.0556. The largest absolute Gasteiger partial charge is 0.298 e. The summed E-state index contributed by atoms with van der Waals surface area (Å²) in [5.74, 6) is 0. The van der Waals surface area contributed by atoms with E-state index in [-0.39, 0.29) is 0 Å². The molecule has 3 rings (SSSR count). The van der Waals surface area contributed by atoms with Crippen molar-refractivity contribution in [3.63, 3.8) is 0 Å². The highest BCUT2D eigenvalue weighted by molar-refractivity contribution is 5.86. The average Bonchev–Trinajstić information content (AvgIpc) is 2.48. The minimum absolute atomic E-state index is 0.774. The Bertz CT molecular complexity index is 723. The molecule has 0 N–H and O–H groups in total. The van der Waals surface area contributed by atoms with E-state index in [0.29, 0.717) is 0 Å². The van der Waals surface area contributed by atoms with Gasteiger partial charge in [-0.25, -0.2) is 0 Å². The lowest BCUT2D eigenvalue weighted by molar-refractivity contribution is 0.112. The third kappa shape index (κ3) is 2.27. The molecule has 1 nitrogen and oxygen atoms in total. The molecule has 0 spiro atoms. The first-order valence-corrected chi connectivity index (χ1v) is 6.38. The van der Waals surface area contributed by atoms with Crippen molar-refractivity contribution in [3.05, 3.63) is 83.4 Å². The van der Waals surface area contributed by atoms with E-state index in [0.717, 1.165) is 23.8 Å². The Morgan fingerprint density at radius 3 is 2.32 bits per heavy atom. The Balaban J connectivity index is 2.08. The van der Waals surface area contributed by atoms with E-state index < -0.39 is 0 Å². The van der Waals surface area contributed by atoms with Crippen LogP contribution >= 0.6 is 0 Å². The van der Waals surface area contributed by atoms with Crippen LogP contribution in [0.3, 0.4) is 0 Å². The fourth-order valence-electron chi connectivity index (χ4n) is 2.46. The standard InChI is InChI=1S/C18H14O/c19-13-17-8-2-1-7-15(17)12-16-10-5-9-14-6-3-4-11-18(14)16/h1-11,13H,12H2. The lowest BCUT2D eigenvalue weighted by atomic mass is 9.96. The molecule has 0 bridgehead atoms. The van der Waals surface area contributed by atoms with Crippen molar-refractivity contribution in [2.75, 3.05) is 0 Å². The van der Waals surface area contributed by atoms with E-state index in [9.17, 15) is 4.79 Å². The van der Waals surface area contributed by atoms with Gasteiger partial charge >= 0.3 is 0 Å². The van der Waals surface area contributed by atoms with Crippen LogP contribution in [0.25, 0.3) is 10.8 Å². The highest BCUT2D eigenvalue weighted by atomic mass is 16.1. The summed E-state index contributed by atoms with van der Waals surface area (Å²) < 4.78 is 0. The van der Waals surface area contributed by atoms with Crippen LogP contribution < -0.4 is 0 Å². The van der Waals surface area contributed by atoms with Crippen LogP contribution in [-0.4, -0.2) is 6.29 Å². The van der Waals surface area contributed by atoms with E-state index in [4.69, 9.17) is 0 Å². The first-order valence-electron chi connectivity index (χ1n) is 6.38. The van der Waals surface area contributed by atoms with Crippen LogP contribution in [-0.2, 0) is 6.42 Å². The maximum absolute atomic E-state index is 11.1. The number of fused-ring (bicyclic) bond motifs is 1. The van der Waals surface area contributed by atoms with Crippen molar-refractivity contribution in [1.82, 2.24) is 0 Å². The van der Waals surface area contributed by atoms with Gasteiger partial charge in [0.2, 0.25) is 0 Å². The molecule has 3 aromatic carbocycles. The fourth-order valence-corrected chi connectivity index (χ4v) is 2.46. The first-order chi connectivity index (χ1) is 9.38. The summed E-state index contributed by atoms with van der Waals surface area (Å²) >= 11 is 0. The second kappa shape index (κ2) is 5.07. The Morgan fingerprint density at radius 2 is 1.42 bits per heavy atom. The summed E-state index contributed by atoms with van der Waals surface area (Å²) in [6.07, 6.45) is 1.72. The number of rotatable bonds is 3. The SMILES string of the molecule is O=Cc1ccccc1Cc1cccc2ccccc12. The second-order valence-electron chi connectivity index (χ2n) is 4.63. The summed E-state index contributed by atoms with van der Waals surface area (Å²) in [4.78, 5) is 11.1. The molecule has 92 valence electrons. The van der Waals surface area contributed by atoms with Gasteiger partial charge in [0, 0.05) is 5.56 Å². The Hall–Kier alpha value is -2.41. The number of benzene rings is 3. The summed E-state index contributed by atoms with van der Waals surface area (Å²) in [6, 6.07) is 22.4. The Kier molecular flexibility index (Phi) is 3.11. The van der Waals surface area contributed by atoms with Gasteiger partial charge in [-0.2, -0.15) is 0 Å². The maximum Gasteiger partial charge on any atom is 0.150 e. The molecule has 0 aliphatic rings. The molecule has 0 amide bonds. The zero-order valence-corrected chi connectivity index (χ0v) is 10.5. The van der Waals surface area contributed by atoms with Crippen molar-refractivity contribution in [3.8, 4) is 0 Å². The minimum Gasteiger partial charge on any atom is -0.298 e. The lowest BCUT2D eigenvalue weighted by Gasteiger charge is -2.08. The molecule has 19 heavy (non-hydrogen) atoms. The second-order valence-corrected chi connectivity index (χ2v) is 4.63. The number of hydrogen-bond acceptors (Lipinski definition) is 1. The molecular weight excluding hydrogens is 232 g/mol. The highest BCUT2D eigenvalue weighted by Gasteiger charge is 2.05. The average molecular weight is 246 g/mol. The van der Waals surface area contributed by atoms with Gasteiger partial charge < -0.3 is 0 Å². The zero-order chi connectivity index (χ0) is 13.1. The van der Waals surface area contributed by atoms with Crippen LogP contribution in [0, 0.1) is 0 Å². The Labute approximate surface area is 112 Å². The predicted molar refractivity (Wildman–Crippen MR) is 78.6 cm³/mol. The molecule has 0 aliphatic heterocycles. The summed E-state index contributed by atoms with van der Waals surface area (Å²) in [5.41, 5.74) is 3.11. The van der Waals surface area contributed by atoms with Gasteiger partial charge in [0.25, 0.3) is 0 Å². The van der Waals surface area contributed by atoms with Crippen LogP contribution in [0.2, 0.25) is 0 Å². The molecule has 3 aromatic rings. The van der Waals surface area contributed by atoms with Gasteiger partial charge in [0.1, 0.15) is 6.29 Å². The van der Waals surface area contributed by atoms with Crippen molar-refractivity contribution < 1.29 is 4.79 Å². The number of hydrogen-bond donors (Lipinski definition) is 0. The predicted octanol–water partition coefficient (Wildman–Crippen LogP) is 4.24. The van der Waals surface area contributed by atoms with Gasteiger partial charge in [0.05, 0.1) is 0 Å². The normalized spacial score (nSPS) is 10.5. The topological polar surface area (TPSA) is 17.1 Å². The van der Waals surface area contributed by atoms with Gasteiger partial charge in [-0.05, 0) is 28.3 Å². The Morgan fingerprint density at radius 1 is 0.737 bits per heavy atom. The molecule has 0 radical (unpaired) electrons. The minimum atomic E-state index is 0.774. The third-order valence-corrected chi connectivity index (χ3v) is 3.44. The smallest absolute Gasteiger partial charge is 0.150 e.